The van der Waals surface area contributed by atoms with Gasteiger partial charge in [0.05, 0.1) is 0 Å². The number of benzene rings is 2. The minimum absolute atomic E-state index is 0.0578. The van der Waals surface area contributed by atoms with Crippen molar-refractivity contribution in [2.75, 3.05) is 0 Å². The molecule has 0 aliphatic rings. The van der Waals surface area contributed by atoms with Crippen LogP contribution in [-0.4, -0.2) is 0 Å². The summed E-state index contributed by atoms with van der Waals surface area (Å²) in [5.74, 6) is -2.78. The van der Waals surface area contributed by atoms with E-state index in [0.717, 1.165) is 24.5 Å². The maximum absolute atomic E-state index is 13.2. The zero-order valence-corrected chi connectivity index (χ0v) is 12.7. The van der Waals surface area contributed by atoms with Crippen LogP contribution in [-0.2, 0) is 12.3 Å². The molecule has 2 aromatic carbocycles. The number of hydrogen-bond donors (Lipinski definition) is 0. The number of hydrogen-bond acceptors (Lipinski definition) is 0. The molecule has 0 saturated carbocycles. The van der Waals surface area contributed by atoms with E-state index in [1.54, 1.807) is 12.1 Å². The Hall–Kier alpha value is -1.70. The molecule has 0 unspecified atom stereocenters. The van der Waals surface area contributed by atoms with Gasteiger partial charge in [-0.2, -0.15) is 0 Å². The van der Waals surface area contributed by atoms with Gasteiger partial charge in [0.1, 0.15) is 0 Å². The van der Waals surface area contributed by atoms with Gasteiger partial charge in [0, 0.05) is 12.5 Å². The minimum atomic E-state index is -2.78. The number of rotatable bonds is 6. The van der Waals surface area contributed by atoms with Crippen LogP contribution in [0.25, 0.3) is 11.1 Å². The van der Waals surface area contributed by atoms with Crippen LogP contribution in [0, 0.1) is 0 Å². The van der Waals surface area contributed by atoms with Gasteiger partial charge in [-0.15, -0.1) is 0 Å². The van der Waals surface area contributed by atoms with Gasteiger partial charge in [0.15, 0.2) is 0 Å². The highest BCUT2D eigenvalue weighted by Crippen LogP contribution is 2.29. The van der Waals surface area contributed by atoms with Gasteiger partial charge in [-0.1, -0.05) is 68.3 Å². The normalized spacial score (nSPS) is 11.6. The predicted molar refractivity (Wildman–Crippen MR) is 84.7 cm³/mol. The summed E-state index contributed by atoms with van der Waals surface area (Å²) < 4.78 is 26.4. The van der Waals surface area contributed by atoms with Gasteiger partial charge < -0.3 is 0 Å². The molecule has 0 N–H and O–H groups in total. The zero-order valence-electron chi connectivity index (χ0n) is 12.7. The van der Waals surface area contributed by atoms with E-state index in [9.17, 15) is 8.78 Å². The Balaban J connectivity index is 2.08. The molecule has 0 amide bonds. The van der Waals surface area contributed by atoms with Crippen LogP contribution in [0.4, 0.5) is 8.78 Å². The standard InChI is InChI=1S/C19H22F2/c1-3-4-5-6-15-7-9-16(10-8-15)17-11-13-18(14-12-17)19(2,20)21/h7-14H,3-6H2,1-2H3. The molecule has 0 spiro atoms. The van der Waals surface area contributed by atoms with Crippen molar-refractivity contribution >= 4 is 0 Å². The fourth-order valence-corrected chi connectivity index (χ4v) is 2.40. The van der Waals surface area contributed by atoms with Crippen LogP contribution in [0.5, 0.6) is 0 Å². The molecule has 0 fully saturated rings. The Morgan fingerprint density at radius 2 is 1.33 bits per heavy atom. The molecule has 0 aliphatic carbocycles. The van der Waals surface area contributed by atoms with E-state index in [-0.39, 0.29) is 5.56 Å². The molecule has 112 valence electrons. The lowest BCUT2D eigenvalue weighted by Gasteiger charge is -2.11. The molecule has 2 heteroatoms. The Bertz CT molecular complexity index is 548. The summed E-state index contributed by atoms with van der Waals surface area (Å²) in [7, 11) is 0. The number of alkyl halides is 2. The molecular formula is C19H22F2. The molecule has 0 saturated heterocycles. The Kier molecular flexibility index (Phi) is 5.11. The Morgan fingerprint density at radius 1 is 0.810 bits per heavy atom. The first-order valence-electron chi connectivity index (χ1n) is 7.58. The maximum Gasteiger partial charge on any atom is 0.270 e. The van der Waals surface area contributed by atoms with Crippen LogP contribution in [0.1, 0.15) is 44.2 Å². The predicted octanol–water partition coefficient (Wildman–Crippen LogP) is 6.20. The van der Waals surface area contributed by atoms with Gasteiger partial charge in [0.2, 0.25) is 0 Å². The second-order valence-corrected chi connectivity index (χ2v) is 5.62. The second kappa shape index (κ2) is 6.84. The molecular weight excluding hydrogens is 266 g/mol. The Labute approximate surface area is 125 Å². The molecule has 0 aromatic heterocycles. The van der Waals surface area contributed by atoms with Gasteiger partial charge >= 0.3 is 0 Å². The molecule has 0 atom stereocenters. The molecule has 0 heterocycles. The highest BCUT2D eigenvalue weighted by Gasteiger charge is 2.23. The van der Waals surface area contributed by atoms with E-state index in [1.807, 2.05) is 0 Å². The Morgan fingerprint density at radius 3 is 1.81 bits per heavy atom. The maximum atomic E-state index is 13.2. The molecule has 0 aliphatic heterocycles. The first kappa shape index (κ1) is 15.7. The molecule has 21 heavy (non-hydrogen) atoms. The van der Waals surface area contributed by atoms with E-state index in [0.29, 0.717) is 0 Å². The van der Waals surface area contributed by atoms with Crippen LogP contribution in [0.15, 0.2) is 48.5 Å². The van der Waals surface area contributed by atoms with Crippen molar-refractivity contribution in [1.29, 1.82) is 0 Å². The summed E-state index contributed by atoms with van der Waals surface area (Å²) in [5.41, 5.74) is 3.44. The van der Waals surface area contributed by atoms with Gasteiger partial charge in [0.25, 0.3) is 5.92 Å². The second-order valence-electron chi connectivity index (χ2n) is 5.62. The van der Waals surface area contributed by atoms with Crippen molar-refractivity contribution in [3.63, 3.8) is 0 Å². The number of aryl methyl sites for hydroxylation is 1. The molecule has 0 nitrogen and oxygen atoms in total. The number of unbranched alkanes of at least 4 members (excludes halogenated alkanes) is 2. The summed E-state index contributed by atoms with van der Waals surface area (Å²) in [6, 6.07) is 14.9. The topological polar surface area (TPSA) is 0 Å². The van der Waals surface area contributed by atoms with Crippen molar-refractivity contribution in [2.45, 2.75) is 45.5 Å². The van der Waals surface area contributed by atoms with Crippen molar-refractivity contribution in [3.05, 3.63) is 59.7 Å². The quantitative estimate of drug-likeness (QED) is 0.555. The summed E-state index contributed by atoms with van der Waals surface area (Å²) >= 11 is 0. The van der Waals surface area contributed by atoms with Crippen LogP contribution >= 0.6 is 0 Å². The lowest BCUT2D eigenvalue weighted by atomic mass is 9.99. The van der Waals surface area contributed by atoms with Crippen molar-refractivity contribution in [1.82, 2.24) is 0 Å². The van der Waals surface area contributed by atoms with Crippen LogP contribution < -0.4 is 0 Å². The van der Waals surface area contributed by atoms with Crippen molar-refractivity contribution in [3.8, 4) is 11.1 Å². The summed E-state index contributed by atoms with van der Waals surface area (Å²) in [6.07, 6.45) is 4.81. The van der Waals surface area contributed by atoms with Crippen molar-refractivity contribution < 1.29 is 8.78 Å². The summed E-state index contributed by atoms with van der Waals surface area (Å²) in [6.45, 7) is 3.12. The highest BCUT2D eigenvalue weighted by atomic mass is 19.3. The first-order chi connectivity index (χ1) is 10.0. The van der Waals surface area contributed by atoms with Crippen LogP contribution in [0.2, 0.25) is 0 Å². The largest absolute Gasteiger partial charge is 0.270 e. The van der Waals surface area contributed by atoms with E-state index < -0.39 is 5.92 Å². The lowest BCUT2D eigenvalue weighted by molar-refractivity contribution is 0.0175. The monoisotopic (exact) mass is 288 g/mol. The van der Waals surface area contributed by atoms with E-state index in [2.05, 4.69) is 31.2 Å². The first-order valence-corrected chi connectivity index (χ1v) is 7.58. The molecule has 0 bridgehead atoms. The minimum Gasteiger partial charge on any atom is -0.202 e. The van der Waals surface area contributed by atoms with E-state index in [4.69, 9.17) is 0 Å². The van der Waals surface area contributed by atoms with Crippen molar-refractivity contribution in [2.24, 2.45) is 0 Å². The van der Waals surface area contributed by atoms with E-state index in [1.165, 1.54) is 37.0 Å². The van der Waals surface area contributed by atoms with Crippen LogP contribution in [0.3, 0.4) is 0 Å². The van der Waals surface area contributed by atoms with Gasteiger partial charge in [-0.25, -0.2) is 8.78 Å². The third-order valence-corrected chi connectivity index (χ3v) is 3.75. The average molecular weight is 288 g/mol. The molecule has 2 rings (SSSR count). The smallest absolute Gasteiger partial charge is 0.202 e. The summed E-state index contributed by atoms with van der Waals surface area (Å²) in [5, 5.41) is 0. The molecule has 2 aromatic rings. The summed E-state index contributed by atoms with van der Waals surface area (Å²) in [4.78, 5) is 0. The third-order valence-electron chi connectivity index (χ3n) is 3.75. The third kappa shape index (κ3) is 4.38. The fraction of sp³-hybridized carbons (Fsp3) is 0.368. The zero-order chi connectivity index (χ0) is 15.3. The fourth-order valence-electron chi connectivity index (χ4n) is 2.40. The number of halogens is 2. The van der Waals surface area contributed by atoms with Gasteiger partial charge in [-0.3, -0.25) is 0 Å². The van der Waals surface area contributed by atoms with Gasteiger partial charge in [-0.05, 0) is 29.5 Å². The van der Waals surface area contributed by atoms with E-state index >= 15 is 0 Å². The highest BCUT2D eigenvalue weighted by molar-refractivity contribution is 5.64. The average Bonchev–Trinajstić information content (AvgIpc) is 2.48. The lowest BCUT2D eigenvalue weighted by Crippen LogP contribution is -2.06. The molecule has 0 radical (unpaired) electrons. The SMILES string of the molecule is CCCCCc1ccc(-c2ccc(C(C)(F)F)cc2)cc1.